The van der Waals surface area contributed by atoms with Crippen molar-refractivity contribution in [1.82, 2.24) is 15.1 Å². The van der Waals surface area contributed by atoms with Gasteiger partial charge in [-0.15, -0.1) is 0 Å². The summed E-state index contributed by atoms with van der Waals surface area (Å²) < 4.78 is 5.40. The summed E-state index contributed by atoms with van der Waals surface area (Å²) in [7, 11) is 0. The molecule has 25 heavy (non-hydrogen) atoms. The van der Waals surface area contributed by atoms with Crippen LogP contribution in [0.15, 0.2) is 22.8 Å². The minimum Gasteiger partial charge on any atom is -0.467 e. The number of urea groups is 1. The van der Waals surface area contributed by atoms with Gasteiger partial charge in [-0.05, 0) is 55.7 Å². The Morgan fingerprint density at radius 3 is 2.72 bits per heavy atom. The van der Waals surface area contributed by atoms with Crippen molar-refractivity contribution >= 4 is 17.8 Å². The molecule has 0 spiro atoms. The number of hydrogen-bond acceptors (Lipinski definition) is 4. The van der Waals surface area contributed by atoms with E-state index in [1.807, 2.05) is 17.0 Å². The first-order valence-corrected chi connectivity index (χ1v) is 10.8. The van der Waals surface area contributed by atoms with Gasteiger partial charge in [-0.25, -0.2) is 4.79 Å². The monoisotopic (exact) mass is 365 g/mol. The molecule has 6 heteroatoms. The number of amides is 2. The molecule has 5 nitrogen and oxygen atoms in total. The lowest BCUT2D eigenvalue weighted by Gasteiger charge is -2.39. The highest BCUT2D eigenvalue weighted by Crippen LogP contribution is 2.24. The summed E-state index contributed by atoms with van der Waals surface area (Å²) in [6, 6.07) is 4.92. The van der Waals surface area contributed by atoms with Crippen LogP contribution in [0, 0.1) is 0 Å². The lowest BCUT2D eigenvalue weighted by Crippen LogP contribution is -2.51. The molecule has 140 valence electrons. The quantitative estimate of drug-likeness (QED) is 0.837. The molecule has 0 aliphatic carbocycles. The Morgan fingerprint density at radius 2 is 2.08 bits per heavy atom. The lowest BCUT2D eigenvalue weighted by atomic mass is 10.0. The van der Waals surface area contributed by atoms with Gasteiger partial charge in [0.25, 0.3) is 0 Å². The molecule has 0 radical (unpaired) electrons. The number of rotatable bonds is 6. The summed E-state index contributed by atoms with van der Waals surface area (Å²) in [5.74, 6) is 3.45. The molecule has 2 saturated heterocycles. The summed E-state index contributed by atoms with van der Waals surface area (Å²) in [6.07, 6.45) is 7.40. The zero-order valence-electron chi connectivity index (χ0n) is 15.3. The second-order valence-corrected chi connectivity index (χ2v) is 8.33. The number of carbonyl (C=O) groups excluding carboxylic acids is 1. The van der Waals surface area contributed by atoms with Crippen molar-refractivity contribution in [3.8, 4) is 0 Å². The minimum atomic E-state index is 0.0470. The molecule has 0 atom stereocenters. The van der Waals surface area contributed by atoms with Crippen LogP contribution in [-0.2, 0) is 6.54 Å². The first-order chi connectivity index (χ1) is 12.3. The van der Waals surface area contributed by atoms with Crippen molar-refractivity contribution in [1.29, 1.82) is 0 Å². The molecule has 3 rings (SSSR count). The first kappa shape index (κ1) is 18.6. The second kappa shape index (κ2) is 9.53. The van der Waals surface area contributed by atoms with Crippen LogP contribution in [0.3, 0.4) is 0 Å². The SMILES string of the molecule is CCCN(Cc1ccco1)C(=O)NC1CCN(C2CCSCC2)CC1. The van der Waals surface area contributed by atoms with Crippen LogP contribution in [0.2, 0.25) is 0 Å². The highest BCUT2D eigenvalue weighted by atomic mass is 32.2. The Kier molecular flexibility index (Phi) is 7.11. The molecular formula is C19H31N3O2S. The predicted octanol–water partition coefficient (Wildman–Crippen LogP) is 3.56. The summed E-state index contributed by atoms with van der Waals surface area (Å²) >= 11 is 2.08. The molecule has 0 unspecified atom stereocenters. The molecule has 2 fully saturated rings. The summed E-state index contributed by atoms with van der Waals surface area (Å²) in [4.78, 5) is 17.2. The zero-order valence-corrected chi connectivity index (χ0v) is 16.1. The van der Waals surface area contributed by atoms with E-state index >= 15 is 0 Å². The number of likely N-dealkylation sites (tertiary alicyclic amines) is 1. The first-order valence-electron chi connectivity index (χ1n) is 9.66. The third-order valence-corrected chi connectivity index (χ3v) is 6.32. The van der Waals surface area contributed by atoms with E-state index in [0.29, 0.717) is 12.6 Å². The number of nitrogens with one attached hydrogen (secondary N) is 1. The van der Waals surface area contributed by atoms with Gasteiger partial charge in [0.15, 0.2) is 0 Å². The third kappa shape index (κ3) is 5.42. The minimum absolute atomic E-state index is 0.0470. The Labute approximate surface area is 155 Å². The van der Waals surface area contributed by atoms with Crippen molar-refractivity contribution < 1.29 is 9.21 Å². The molecule has 1 N–H and O–H groups in total. The third-order valence-electron chi connectivity index (χ3n) is 5.27. The number of furan rings is 1. The van der Waals surface area contributed by atoms with Crippen LogP contribution in [0.4, 0.5) is 4.79 Å². The van der Waals surface area contributed by atoms with Crippen molar-refractivity contribution in [2.24, 2.45) is 0 Å². The number of thioether (sulfide) groups is 1. The summed E-state index contributed by atoms with van der Waals surface area (Å²) in [5.41, 5.74) is 0. The number of nitrogens with zero attached hydrogens (tertiary/aromatic N) is 2. The van der Waals surface area contributed by atoms with Crippen molar-refractivity contribution in [3.05, 3.63) is 24.2 Å². The van der Waals surface area contributed by atoms with Gasteiger partial charge >= 0.3 is 6.03 Å². The molecule has 0 aromatic carbocycles. The molecule has 3 heterocycles. The Bertz CT molecular complexity index is 509. The van der Waals surface area contributed by atoms with Gasteiger partial charge in [-0.2, -0.15) is 11.8 Å². The van der Waals surface area contributed by atoms with Gasteiger partial charge in [-0.1, -0.05) is 6.92 Å². The Balaban J connectivity index is 1.45. The molecular weight excluding hydrogens is 334 g/mol. The normalized spacial score (nSPS) is 20.5. The second-order valence-electron chi connectivity index (χ2n) is 7.10. The van der Waals surface area contributed by atoms with Crippen LogP contribution >= 0.6 is 11.8 Å². The smallest absolute Gasteiger partial charge is 0.318 e. The average molecular weight is 366 g/mol. The zero-order chi connectivity index (χ0) is 17.5. The maximum atomic E-state index is 12.7. The number of hydrogen-bond donors (Lipinski definition) is 1. The maximum absolute atomic E-state index is 12.7. The van der Waals surface area contributed by atoms with E-state index in [4.69, 9.17) is 4.42 Å². The molecule has 2 aliphatic rings. The van der Waals surface area contributed by atoms with Crippen molar-refractivity contribution in [3.63, 3.8) is 0 Å². The molecule has 2 aliphatic heterocycles. The fourth-order valence-corrected chi connectivity index (χ4v) is 4.92. The highest BCUT2D eigenvalue weighted by molar-refractivity contribution is 7.99. The topological polar surface area (TPSA) is 48.7 Å². The van der Waals surface area contributed by atoms with Gasteiger partial charge in [-0.3, -0.25) is 0 Å². The van der Waals surface area contributed by atoms with Gasteiger partial charge in [0, 0.05) is 31.7 Å². The number of piperidine rings is 1. The van der Waals surface area contributed by atoms with E-state index in [-0.39, 0.29) is 6.03 Å². The van der Waals surface area contributed by atoms with E-state index in [0.717, 1.165) is 50.7 Å². The molecule has 0 saturated carbocycles. The van der Waals surface area contributed by atoms with Crippen LogP contribution in [0.5, 0.6) is 0 Å². The molecule has 1 aromatic heterocycles. The van der Waals surface area contributed by atoms with Crippen LogP contribution in [0.25, 0.3) is 0 Å². The van der Waals surface area contributed by atoms with E-state index in [2.05, 4.69) is 28.9 Å². The van der Waals surface area contributed by atoms with Gasteiger partial charge in [0.1, 0.15) is 5.76 Å². The predicted molar refractivity (Wildman–Crippen MR) is 103 cm³/mol. The van der Waals surface area contributed by atoms with E-state index in [1.165, 1.54) is 24.3 Å². The van der Waals surface area contributed by atoms with Crippen LogP contribution < -0.4 is 5.32 Å². The molecule has 1 aromatic rings. The van der Waals surface area contributed by atoms with Crippen molar-refractivity contribution in [2.45, 2.75) is 57.7 Å². The summed E-state index contributed by atoms with van der Waals surface area (Å²) in [6.45, 7) is 5.64. The average Bonchev–Trinajstić information content (AvgIpc) is 3.16. The van der Waals surface area contributed by atoms with Crippen LogP contribution in [-0.4, -0.2) is 59.1 Å². The lowest BCUT2D eigenvalue weighted by molar-refractivity contribution is 0.131. The maximum Gasteiger partial charge on any atom is 0.318 e. The molecule has 2 amide bonds. The summed E-state index contributed by atoms with van der Waals surface area (Å²) in [5, 5.41) is 3.25. The molecule has 0 bridgehead atoms. The Morgan fingerprint density at radius 1 is 1.32 bits per heavy atom. The Hall–Kier alpha value is -1.14. The van der Waals surface area contributed by atoms with E-state index in [1.54, 1.807) is 6.26 Å². The largest absolute Gasteiger partial charge is 0.467 e. The van der Waals surface area contributed by atoms with Crippen molar-refractivity contribution in [2.75, 3.05) is 31.1 Å². The number of carbonyl (C=O) groups is 1. The van der Waals surface area contributed by atoms with Crippen LogP contribution in [0.1, 0.15) is 44.8 Å². The fourth-order valence-electron chi connectivity index (χ4n) is 3.84. The standard InChI is InChI=1S/C19H31N3O2S/c1-2-9-22(15-18-4-3-12-24-18)19(23)20-16-5-10-21(11-6-16)17-7-13-25-14-8-17/h3-4,12,16-17H,2,5-11,13-15H2,1H3,(H,20,23). The fraction of sp³-hybridized carbons (Fsp3) is 0.737. The van der Waals surface area contributed by atoms with Gasteiger partial charge in [0.2, 0.25) is 0 Å². The van der Waals surface area contributed by atoms with E-state index in [9.17, 15) is 4.79 Å². The van der Waals surface area contributed by atoms with E-state index < -0.39 is 0 Å². The van der Waals surface area contributed by atoms with Gasteiger partial charge in [0.05, 0.1) is 12.8 Å². The highest BCUT2D eigenvalue weighted by Gasteiger charge is 2.27. The van der Waals surface area contributed by atoms with Gasteiger partial charge < -0.3 is 19.5 Å².